The molecule has 1 unspecified atom stereocenters. The molecule has 18 heavy (non-hydrogen) atoms. The molecule has 0 spiro atoms. The number of para-hydroxylation sites is 1. The van der Waals surface area contributed by atoms with Crippen LogP contribution in [0.25, 0.3) is 0 Å². The van der Waals surface area contributed by atoms with Gasteiger partial charge in [0.1, 0.15) is 0 Å². The van der Waals surface area contributed by atoms with Crippen LogP contribution in [0.5, 0.6) is 0 Å². The van der Waals surface area contributed by atoms with Crippen molar-refractivity contribution in [3.8, 4) is 0 Å². The van der Waals surface area contributed by atoms with Gasteiger partial charge in [-0.2, -0.15) is 0 Å². The van der Waals surface area contributed by atoms with Gasteiger partial charge < -0.3 is 14.8 Å². The molecule has 0 saturated carbocycles. The third kappa shape index (κ3) is 3.31. The largest absolute Gasteiger partial charge is 0.381 e. The fourth-order valence-electron chi connectivity index (χ4n) is 1.96. The van der Waals surface area contributed by atoms with Crippen molar-refractivity contribution in [3.05, 3.63) is 29.8 Å². The van der Waals surface area contributed by atoms with Crippen molar-refractivity contribution < 1.29 is 14.3 Å². The number of ether oxygens (including phenoxy) is 2. The summed E-state index contributed by atoms with van der Waals surface area (Å²) in [4.78, 5) is 12.0. The van der Waals surface area contributed by atoms with Crippen molar-refractivity contribution in [3.63, 3.8) is 0 Å². The van der Waals surface area contributed by atoms with Gasteiger partial charge in [0.2, 0.25) is 5.91 Å². The van der Waals surface area contributed by atoms with Crippen molar-refractivity contribution in [1.29, 1.82) is 0 Å². The number of carbonyl (C=O) groups is 1. The highest BCUT2D eigenvalue weighted by molar-refractivity contribution is 5.93. The number of benzene rings is 1. The van der Waals surface area contributed by atoms with Gasteiger partial charge in [0.15, 0.2) is 0 Å². The Morgan fingerprint density at radius 2 is 2.33 bits per heavy atom. The molecule has 1 heterocycles. The highest BCUT2D eigenvalue weighted by Crippen LogP contribution is 2.19. The van der Waals surface area contributed by atoms with Crippen LogP contribution < -0.4 is 5.32 Å². The first kappa shape index (κ1) is 13.1. The molecule has 1 aliphatic heterocycles. The molecule has 2 rings (SSSR count). The third-order valence-electron chi connectivity index (χ3n) is 3.04. The number of hydrogen-bond acceptors (Lipinski definition) is 3. The minimum atomic E-state index is -0.0230. The lowest BCUT2D eigenvalue weighted by Crippen LogP contribution is -2.23. The third-order valence-corrected chi connectivity index (χ3v) is 3.04. The number of rotatable bonds is 5. The van der Waals surface area contributed by atoms with Crippen molar-refractivity contribution in [2.75, 3.05) is 25.1 Å². The van der Waals surface area contributed by atoms with E-state index in [9.17, 15) is 4.79 Å². The van der Waals surface area contributed by atoms with Gasteiger partial charge in [-0.05, 0) is 19.4 Å². The van der Waals surface area contributed by atoms with E-state index >= 15 is 0 Å². The first-order valence-electron chi connectivity index (χ1n) is 6.35. The molecule has 0 radical (unpaired) electrons. The Hall–Kier alpha value is -1.39. The molecule has 1 N–H and O–H groups in total. The Labute approximate surface area is 107 Å². The summed E-state index contributed by atoms with van der Waals surface area (Å²) in [6.45, 7) is 4.35. The lowest BCUT2D eigenvalue weighted by molar-refractivity contribution is -0.119. The second-order valence-corrected chi connectivity index (χ2v) is 4.34. The van der Waals surface area contributed by atoms with E-state index < -0.39 is 0 Å². The van der Waals surface area contributed by atoms with Gasteiger partial charge >= 0.3 is 0 Å². The monoisotopic (exact) mass is 249 g/mol. The van der Waals surface area contributed by atoms with Crippen molar-refractivity contribution in [1.82, 2.24) is 0 Å². The number of nitrogens with one attached hydrogen (secondary N) is 1. The van der Waals surface area contributed by atoms with Gasteiger partial charge in [-0.15, -0.1) is 0 Å². The second-order valence-electron chi connectivity index (χ2n) is 4.34. The van der Waals surface area contributed by atoms with Gasteiger partial charge in [0.05, 0.1) is 19.1 Å². The Morgan fingerprint density at radius 3 is 3.06 bits per heavy atom. The van der Waals surface area contributed by atoms with E-state index in [0.29, 0.717) is 26.4 Å². The molecular weight excluding hydrogens is 230 g/mol. The predicted octanol–water partition coefficient (Wildman–Crippen LogP) is 2.20. The van der Waals surface area contributed by atoms with Crippen LogP contribution in [0.15, 0.2) is 24.3 Å². The molecule has 98 valence electrons. The van der Waals surface area contributed by atoms with Crippen molar-refractivity contribution in [2.45, 2.75) is 20.0 Å². The van der Waals surface area contributed by atoms with Crippen LogP contribution in [0, 0.1) is 5.92 Å². The quantitative estimate of drug-likeness (QED) is 0.870. The summed E-state index contributed by atoms with van der Waals surface area (Å²) in [7, 11) is 0. The average Bonchev–Trinajstić information content (AvgIpc) is 2.91. The average molecular weight is 249 g/mol. The van der Waals surface area contributed by atoms with Crippen LogP contribution in [0.1, 0.15) is 18.9 Å². The Balaban J connectivity index is 2.00. The van der Waals surface area contributed by atoms with Crippen LogP contribution in [0.4, 0.5) is 5.69 Å². The summed E-state index contributed by atoms with van der Waals surface area (Å²) >= 11 is 0. The minimum absolute atomic E-state index is 0.0230. The standard InChI is InChI=1S/C14H19NO3/c1-2-17-9-11-5-3-4-6-13(11)15-14(16)12-7-8-18-10-12/h3-6,12H,2,7-10H2,1H3,(H,15,16). The Bertz CT molecular complexity index is 400. The summed E-state index contributed by atoms with van der Waals surface area (Å²) in [5, 5.41) is 2.96. The van der Waals surface area contributed by atoms with Gasteiger partial charge in [-0.3, -0.25) is 4.79 Å². The minimum Gasteiger partial charge on any atom is -0.381 e. The fourth-order valence-corrected chi connectivity index (χ4v) is 1.96. The van der Waals surface area contributed by atoms with Crippen LogP contribution >= 0.6 is 0 Å². The van der Waals surface area contributed by atoms with E-state index in [1.165, 1.54) is 0 Å². The molecule has 0 bridgehead atoms. The first-order valence-corrected chi connectivity index (χ1v) is 6.35. The predicted molar refractivity (Wildman–Crippen MR) is 69.3 cm³/mol. The number of amides is 1. The number of hydrogen-bond donors (Lipinski definition) is 1. The Morgan fingerprint density at radius 1 is 1.50 bits per heavy atom. The van der Waals surface area contributed by atoms with E-state index in [2.05, 4.69) is 5.32 Å². The van der Waals surface area contributed by atoms with Crippen LogP contribution in [-0.2, 0) is 20.9 Å². The summed E-state index contributed by atoms with van der Waals surface area (Å²) in [6.07, 6.45) is 0.805. The van der Waals surface area contributed by atoms with E-state index in [1.807, 2.05) is 31.2 Å². The zero-order chi connectivity index (χ0) is 12.8. The van der Waals surface area contributed by atoms with E-state index in [4.69, 9.17) is 9.47 Å². The zero-order valence-corrected chi connectivity index (χ0v) is 10.6. The molecule has 1 atom stereocenters. The van der Waals surface area contributed by atoms with Crippen LogP contribution in [0.3, 0.4) is 0 Å². The second kappa shape index (κ2) is 6.52. The molecule has 1 aliphatic rings. The highest BCUT2D eigenvalue weighted by atomic mass is 16.5. The lowest BCUT2D eigenvalue weighted by atomic mass is 10.1. The maximum absolute atomic E-state index is 12.0. The van der Waals surface area contributed by atoms with Gasteiger partial charge in [0.25, 0.3) is 0 Å². The molecule has 4 heteroatoms. The Kier molecular flexibility index (Phi) is 4.73. The van der Waals surface area contributed by atoms with E-state index in [1.54, 1.807) is 0 Å². The van der Waals surface area contributed by atoms with Crippen molar-refractivity contribution in [2.24, 2.45) is 5.92 Å². The summed E-state index contributed by atoms with van der Waals surface area (Å²) in [5.74, 6) is 0.0154. The SMILES string of the molecule is CCOCc1ccccc1NC(=O)C1CCOC1. The lowest BCUT2D eigenvalue weighted by Gasteiger charge is -2.13. The molecule has 1 saturated heterocycles. The summed E-state index contributed by atoms with van der Waals surface area (Å²) in [5.41, 5.74) is 1.84. The van der Waals surface area contributed by atoms with Gasteiger partial charge in [0, 0.05) is 24.5 Å². The molecule has 1 fully saturated rings. The fraction of sp³-hybridized carbons (Fsp3) is 0.500. The van der Waals surface area contributed by atoms with E-state index in [-0.39, 0.29) is 11.8 Å². The molecule has 4 nitrogen and oxygen atoms in total. The smallest absolute Gasteiger partial charge is 0.229 e. The summed E-state index contributed by atoms with van der Waals surface area (Å²) in [6, 6.07) is 7.73. The molecule has 1 aromatic rings. The molecular formula is C14H19NO3. The number of carbonyl (C=O) groups excluding carboxylic acids is 1. The zero-order valence-electron chi connectivity index (χ0n) is 10.6. The topological polar surface area (TPSA) is 47.6 Å². The van der Waals surface area contributed by atoms with Crippen LogP contribution in [-0.4, -0.2) is 25.7 Å². The van der Waals surface area contributed by atoms with Gasteiger partial charge in [-0.1, -0.05) is 18.2 Å². The van der Waals surface area contributed by atoms with E-state index in [0.717, 1.165) is 17.7 Å². The number of anilines is 1. The van der Waals surface area contributed by atoms with Gasteiger partial charge in [-0.25, -0.2) is 0 Å². The first-order chi connectivity index (χ1) is 8.81. The summed E-state index contributed by atoms with van der Waals surface area (Å²) < 4.78 is 10.6. The normalized spacial score (nSPS) is 18.8. The highest BCUT2D eigenvalue weighted by Gasteiger charge is 2.23. The molecule has 1 amide bonds. The maximum atomic E-state index is 12.0. The van der Waals surface area contributed by atoms with Crippen molar-refractivity contribution >= 4 is 11.6 Å². The van der Waals surface area contributed by atoms with Crippen LogP contribution in [0.2, 0.25) is 0 Å². The molecule has 0 aliphatic carbocycles. The maximum Gasteiger partial charge on any atom is 0.229 e. The molecule has 1 aromatic carbocycles. The molecule has 0 aromatic heterocycles.